The van der Waals surface area contributed by atoms with Crippen LogP contribution in [-0.2, 0) is 13.2 Å². The first-order valence-electron chi connectivity index (χ1n) is 3.87. The van der Waals surface area contributed by atoms with Crippen LogP contribution in [0.25, 0.3) is 0 Å². The van der Waals surface area contributed by atoms with Gasteiger partial charge in [-0.3, -0.25) is 0 Å². The topological polar surface area (TPSA) is 59.1 Å². The second-order valence-corrected chi connectivity index (χ2v) is 3.00. The van der Waals surface area contributed by atoms with Crippen molar-refractivity contribution >= 4 is 11.6 Å². The van der Waals surface area contributed by atoms with Crippen molar-refractivity contribution in [2.45, 2.75) is 19.6 Å². The van der Waals surface area contributed by atoms with Crippen LogP contribution in [0.3, 0.4) is 0 Å². The number of nitrogens with two attached hydrogens (primary N) is 1. The quantitative estimate of drug-likeness (QED) is 0.765. The molecule has 78 valence electrons. The van der Waals surface area contributed by atoms with Gasteiger partial charge in [-0.15, -0.1) is 0 Å². The highest BCUT2D eigenvalue weighted by Gasteiger charge is 2.18. The van der Waals surface area contributed by atoms with E-state index in [9.17, 15) is 8.78 Å². The van der Waals surface area contributed by atoms with E-state index in [1.807, 2.05) is 0 Å². The summed E-state index contributed by atoms with van der Waals surface area (Å²) in [6, 6.07) is 1.33. The fourth-order valence-electron chi connectivity index (χ4n) is 1.11. The van der Waals surface area contributed by atoms with E-state index in [1.165, 1.54) is 6.07 Å². The van der Waals surface area contributed by atoms with Gasteiger partial charge in [0.05, 0.1) is 17.9 Å². The van der Waals surface area contributed by atoms with Crippen LogP contribution in [0.4, 0.5) is 8.78 Å². The van der Waals surface area contributed by atoms with Crippen molar-refractivity contribution in [1.82, 2.24) is 4.98 Å². The SMILES string of the molecule is NCc1cc(CO)nc(Cl)c1C(F)F. The number of nitrogens with zero attached hydrogens (tertiary/aromatic N) is 1. The van der Waals surface area contributed by atoms with Crippen molar-refractivity contribution in [2.24, 2.45) is 5.73 Å². The van der Waals surface area contributed by atoms with E-state index >= 15 is 0 Å². The third-order valence-corrected chi connectivity index (χ3v) is 2.04. The number of aliphatic hydroxyl groups excluding tert-OH is 1. The highest BCUT2D eigenvalue weighted by molar-refractivity contribution is 6.30. The lowest BCUT2D eigenvalue weighted by Gasteiger charge is -2.09. The summed E-state index contributed by atoms with van der Waals surface area (Å²) in [4.78, 5) is 3.60. The molecule has 0 unspecified atom stereocenters. The average molecular weight is 223 g/mol. The second kappa shape index (κ2) is 4.63. The zero-order chi connectivity index (χ0) is 10.7. The molecule has 0 spiro atoms. The van der Waals surface area contributed by atoms with Gasteiger partial charge in [0.15, 0.2) is 0 Å². The highest BCUT2D eigenvalue weighted by atomic mass is 35.5. The molecule has 0 atom stereocenters. The van der Waals surface area contributed by atoms with Gasteiger partial charge in [0, 0.05) is 6.54 Å². The predicted molar refractivity (Wildman–Crippen MR) is 48.0 cm³/mol. The monoisotopic (exact) mass is 222 g/mol. The summed E-state index contributed by atoms with van der Waals surface area (Å²) in [6.07, 6.45) is -2.71. The van der Waals surface area contributed by atoms with Gasteiger partial charge in [0.25, 0.3) is 6.43 Å². The van der Waals surface area contributed by atoms with Crippen LogP contribution in [0.1, 0.15) is 23.2 Å². The van der Waals surface area contributed by atoms with Crippen LogP contribution < -0.4 is 5.73 Å². The van der Waals surface area contributed by atoms with Crippen LogP contribution in [0.2, 0.25) is 5.15 Å². The van der Waals surface area contributed by atoms with Crippen LogP contribution in [0.5, 0.6) is 0 Å². The molecule has 3 N–H and O–H groups in total. The summed E-state index contributed by atoms with van der Waals surface area (Å²) in [5.41, 5.74) is 5.37. The summed E-state index contributed by atoms with van der Waals surface area (Å²) in [5.74, 6) is 0. The van der Waals surface area contributed by atoms with Crippen LogP contribution in [-0.4, -0.2) is 10.1 Å². The van der Waals surface area contributed by atoms with Crippen molar-refractivity contribution in [2.75, 3.05) is 0 Å². The maximum Gasteiger partial charge on any atom is 0.267 e. The van der Waals surface area contributed by atoms with Crippen LogP contribution in [0, 0.1) is 0 Å². The van der Waals surface area contributed by atoms with E-state index in [0.717, 1.165) is 0 Å². The Hall–Kier alpha value is -0.780. The molecule has 6 heteroatoms. The number of aromatic nitrogens is 1. The standard InChI is InChI=1S/C8H9ClF2N2O/c9-7-6(8(10)11)4(2-12)1-5(3-14)13-7/h1,8,14H,2-3,12H2. The molecule has 0 saturated carbocycles. The van der Waals surface area contributed by atoms with E-state index in [4.69, 9.17) is 22.4 Å². The summed E-state index contributed by atoms with van der Waals surface area (Å²) in [5, 5.41) is 8.46. The number of aliphatic hydroxyl groups is 1. The molecule has 0 aromatic carbocycles. The van der Waals surface area contributed by atoms with Gasteiger partial charge >= 0.3 is 0 Å². The second-order valence-electron chi connectivity index (χ2n) is 2.64. The van der Waals surface area contributed by atoms with Gasteiger partial charge in [0.1, 0.15) is 5.15 Å². The third-order valence-electron chi connectivity index (χ3n) is 1.75. The van der Waals surface area contributed by atoms with Crippen LogP contribution >= 0.6 is 11.6 Å². The summed E-state index contributed by atoms with van der Waals surface area (Å²) in [6.45, 7) is -0.412. The lowest BCUT2D eigenvalue weighted by atomic mass is 10.1. The van der Waals surface area contributed by atoms with Gasteiger partial charge in [-0.1, -0.05) is 11.6 Å². The normalized spacial score (nSPS) is 11.0. The Morgan fingerprint density at radius 2 is 2.21 bits per heavy atom. The Bertz CT molecular complexity index is 333. The molecule has 0 radical (unpaired) electrons. The number of hydrogen-bond donors (Lipinski definition) is 2. The molecule has 1 aromatic rings. The Balaban J connectivity index is 3.27. The Labute approximate surface area is 84.5 Å². The highest BCUT2D eigenvalue weighted by Crippen LogP contribution is 2.29. The fourth-order valence-corrected chi connectivity index (χ4v) is 1.42. The summed E-state index contributed by atoms with van der Waals surface area (Å²) in [7, 11) is 0. The number of hydrogen-bond acceptors (Lipinski definition) is 3. The smallest absolute Gasteiger partial charge is 0.267 e. The summed E-state index contributed by atoms with van der Waals surface area (Å²) < 4.78 is 24.9. The molecule has 0 aliphatic rings. The molecule has 0 aliphatic heterocycles. The number of pyridine rings is 1. The number of rotatable bonds is 3. The van der Waals surface area contributed by atoms with Gasteiger partial charge in [0.2, 0.25) is 0 Å². The predicted octanol–water partition coefficient (Wildman–Crippen LogP) is 1.62. The van der Waals surface area contributed by atoms with Crippen molar-refractivity contribution in [3.05, 3.63) is 28.0 Å². The maximum atomic E-state index is 12.5. The minimum Gasteiger partial charge on any atom is -0.390 e. The van der Waals surface area contributed by atoms with E-state index in [0.29, 0.717) is 0 Å². The minimum absolute atomic E-state index is 0.0606. The molecule has 0 saturated heterocycles. The van der Waals surface area contributed by atoms with Crippen molar-refractivity contribution < 1.29 is 13.9 Å². The molecule has 1 aromatic heterocycles. The molecule has 1 heterocycles. The lowest BCUT2D eigenvalue weighted by molar-refractivity contribution is 0.149. The Morgan fingerprint density at radius 1 is 1.57 bits per heavy atom. The van der Waals surface area contributed by atoms with Gasteiger partial charge in [-0.05, 0) is 11.6 Å². The molecule has 0 amide bonds. The zero-order valence-corrected chi connectivity index (χ0v) is 7.93. The molecule has 3 nitrogen and oxygen atoms in total. The number of alkyl halides is 2. The molecular weight excluding hydrogens is 214 g/mol. The molecule has 0 aliphatic carbocycles. The largest absolute Gasteiger partial charge is 0.390 e. The van der Waals surface area contributed by atoms with E-state index in [2.05, 4.69) is 4.98 Å². The first-order valence-corrected chi connectivity index (χ1v) is 4.25. The Morgan fingerprint density at radius 3 is 2.64 bits per heavy atom. The first kappa shape index (κ1) is 11.3. The van der Waals surface area contributed by atoms with Crippen molar-refractivity contribution in [1.29, 1.82) is 0 Å². The van der Waals surface area contributed by atoms with Crippen molar-refractivity contribution in [3.63, 3.8) is 0 Å². The molecule has 0 fully saturated rings. The molecule has 1 rings (SSSR count). The van der Waals surface area contributed by atoms with Crippen LogP contribution in [0.15, 0.2) is 6.07 Å². The fraction of sp³-hybridized carbons (Fsp3) is 0.375. The lowest BCUT2D eigenvalue weighted by Crippen LogP contribution is -2.06. The third kappa shape index (κ3) is 2.17. The first-order chi connectivity index (χ1) is 6.60. The molecular formula is C8H9ClF2N2O. The molecule has 14 heavy (non-hydrogen) atoms. The minimum atomic E-state index is -2.71. The molecule has 0 bridgehead atoms. The van der Waals surface area contributed by atoms with E-state index in [1.54, 1.807) is 0 Å². The van der Waals surface area contributed by atoms with Crippen molar-refractivity contribution in [3.8, 4) is 0 Å². The van der Waals surface area contributed by atoms with Gasteiger partial charge in [-0.25, -0.2) is 13.8 Å². The average Bonchev–Trinajstić information content (AvgIpc) is 2.15. The zero-order valence-electron chi connectivity index (χ0n) is 7.17. The van der Waals surface area contributed by atoms with Gasteiger partial charge < -0.3 is 10.8 Å². The maximum absolute atomic E-state index is 12.5. The Kier molecular flexibility index (Phi) is 3.74. The summed E-state index contributed by atoms with van der Waals surface area (Å²) >= 11 is 5.53. The number of halogens is 3. The van der Waals surface area contributed by atoms with Gasteiger partial charge in [-0.2, -0.15) is 0 Å². The van der Waals surface area contributed by atoms with E-state index < -0.39 is 6.43 Å². The van der Waals surface area contributed by atoms with E-state index in [-0.39, 0.29) is 35.1 Å².